The molecule has 5 heteroatoms. The van der Waals surface area contributed by atoms with Gasteiger partial charge in [-0.05, 0) is 19.8 Å². The molecule has 4 nitrogen and oxygen atoms in total. The molecule has 3 unspecified atom stereocenters. The first kappa shape index (κ1) is 9.58. The van der Waals surface area contributed by atoms with E-state index in [0.717, 1.165) is 6.42 Å². The van der Waals surface area contributed by atoms with Crippen LogP contribution in [0.3, 0.4) is 0 Å². The standard InChI is InChI=1S/C9H14FN3O/c1-3-5(11)7-12-13-8(14-7)9(2)4-6(9)10/h5-6H,3-4,11H2,1-2H3. The summed E-state index contributed by atoms with van der Waals surface area (Å²) in [4.78, 5) is 0. The monoisotopic (exact) mass is 199 g/mol. The minimum Gasteiger partial charge on any atom is -0.423 e. The van der Waals surface area contributed by atoms with E-state index in [1.165, 1.54) is 0 Å². The van der Waals surface area contributed by atoms with E-state index in [0.29, 0.717) is 18.2 Å². The summed E-state index contributed by atoms with van der Waals surface area (Å²) in [6.45, 7) is 3.72. The van der Waals surface area contributed by atoms with Gasteiger partial charge in [-0.25, -0.2) is 4.39 Å². The maximum Gasteiger partial charge on any atom is 0.233 e. The Morgan fingerprint density at radius 2 is 2.36 bits per heavy atom. The van der Waals surface area contributed by atoms with Gasteiger partial charge >= 0.3 is 0 Å². The van der Waals surface area contributed by atoms with Crippen molar-refractivity contribution >= 4 is 0 Å². The number of alkyl halides is 1. The van der Waals surface area contributed by atoms with Gasteiger partial charge in [0.1, 0.15) is 6.17 Å². The second kappa shape index (κ2) is 3.02. The molecule has 0 aliphatic heterocycles. The third-order valence-corrected chi connectivity index (χ3v) is 2.82. The van der Waals surface area contributed by atoms with Crippen LogP contribution in [0.2, 0.25) is 0 Å². The quantitative estimate of drug-likeness (QED) is 0.800. The largest absolute Gasteiger partial charge is 0.423 e. The SMILES string of the molecule is CCC(N)c1nnc(C2(C)CC2F)o1. The number of halogens is 1. The number of nitrogens with two attached hydrogens (primary N) is 1. The Morgan fingerprint density at radius 3 is 2.86 bits per heavy atom. The van der Waals surface area contributed by atoms with Gasteiger partial charge in [0.15, 0.2) is 0 Å². The molecular formula is C9H14FN3O. The lowest BCUT2D eigenvalue weighted by molar-refractivity contribution is 0.352. The molecule has 1 heterocycles. The molecule has 2 rings (SSSR count). The number of hydrogen-bond donors (Lipinski definition) is 1. The third kappa shape index (κ3) is 1.32. The van der Waals surface area contributed by atoms with Crippen LogP contribution in [0.5, 0.6) is 0 Å². The van der Waals surface area contributed by atoms with E-state index in [1.54, 1.807) is 6.92 Å². The van der Waals surface area contributed by atoms with Crippen molar-refractivity contribution in [1.82, 2.24) is 10.2 Å². The Balaban J connectivity index is 2.18. The summed E-state index contributed by atoms with van der Waals surface area (Å²) in [7, 11) is 0. The summed E-state index contributed by atoms with van der Waals surface area (Å²) in [6.07, 6.45) is 0.349. The van der Waals surface area contributed by atoms with Crippen molar-refractivity contribution in [3.63, 3.8) is 0 Å². The van der Waals surface area contributed by atoms with Gasteiger partial charge in [-0.3, -0.25) is 0 Å². The topological polar surface area (TPSA) is 64.9 Å². The Kier molecular flexibility index (Phi) is 2.06. The van der Waals surface area contributed by atoms with Gasteiger partial charge in [-0.15, -0.1) is 10.2 Å². The number of rotatable bonds is 3. The van der Waals surface area contributed by atoms with Crippen LogP contribution in [0.4, 0.5) is 4.39 Å². The van der Waals surface area contributed by atoms with Crippen LogP contribution in [-0.4, -0.2) is 16.4 Å². The van der Waals surface area contributed by atoms with Crippen LogP contribution >= 0.6 is 0 Å². The molecule has 0 aromatic carbocycles. The first-order valence-electron chi connectivity index (χ1n) is 4.81. The second-order valence-corrected chi connectivity index (χ2v) is 4.05. The second-order valence-electron chi connectivity index (χ2n) is 4.05. The summed E-state index contributed by atoms with van der Waals surface area (Å²) in [6, 6.07) is -0.239. The van der Waals surface area contributed by atoms with Gasteiger partial charge in [-0.2, -0.15) is 0 Å². The maximum absolute atomic E-state index is 13.0. The molecule has 0 amide bonds. The fourth-order valence-corrected chi connectivity index (χ4v) is 1.32. The summed E-state index contributed by atoms with van der Waals surface area (Å²) in [5.74, 6) is 0.784. The highest BCUT2D eigenvalue weighted by atomic mass is 19.1. The van der Waals surface area contributed by atoms with Gasteiger partial charge < -0.3 is 10.2 Å². The predicted molar refractivity (Wildman–Crippen MR) is 48.4 cm³/mol. The Morgan fingerprint density at radius 1 is 1.71 bits per heavy atom. The molecule has 1 saturated carbocycles. The normalized spacial score (nSPS) is 33.0. The molecular weight excluding hydrogens is 185 g/mol. The van der Waals surface area contributed by atoms with Crippen LogP contribution < -0.4 is 5.73 Å². The molecule has 1 aromatic heterocycles. The summed E-state index contributed by atoms with van der Waals surface area (Å²) >= 11 is 0. The highest BCUT2D eigenvalue weighted by molar-refractivity contribution is 5.19. The molecule has 2 N–H and O–H groups in total. The van der Waals surface area contributed by atoms with E-state index in [-0.39, 0.29) is 6.04 Å². The Labute approximate surface area is 81.7 Å². The van der Waals surface area contributed by atoms with Gasteiger partial charge in [0.05, 0.1) is 11.5 Å². The van der Waals surface area contributed by atoms with Crippen LogP contribution in [0, 0.1) is 0 Å². The lowest BCUT2D eigenvalue weighted by Gasteiger charge is -2.02. The molecule has 0 bridgehead atoms. The molecule has 1 aliphatic carbocycles. The minimum atomic E-state index is -0.853. The first-order chi connectivity index (χ1) is 6.58. The summed E-state index contributed by atoms with van der Waals surface area (Å²) in [5.41, 5.74) is 5.16. The van der Waals surface area contributed by atoms with E-state index < -0.39 is 11.6 Å². The van der Waals surface area contributed by atoms with Crippen molar-refractivity contribution in [3.05, 3.63) is 11.8 Å². The fraction of sp³-hybridized carbons (Fsp3) is 0.778. The molecule has 1 aliphatic rings. The highest BCUT2D eigenvalue weighted by Gasteiger charge is 2.56. The van der Waals surface area contributed by atoms with Crippen LogP contribution in [-0.2, 0) is 5.41 Å². The zero-order valence-electron chi connectivity index (χ0n) is 8.33. The smallest absolute Gasteiger partial charge is 0.233 e. The predicted octanol–water partition coefficient (Wildman–Crippen LogP) is 1.48. The van der Waals surface area contributed by atoms with Crippen molar-refractivity contribution < 1.29 is 8.81 Å². The van der Waals surface area contributed by atoms with Crippen LogP contribution in [0.15, 0.2) is 4.42 Å². The average Bonchev–Trinajstić information content (AvgIpc) is 2.67. The number of hydrogen-bond acceptors (Lipinski definition) is 4. The molecule has 0 spiro atoms. The molecule has 3 atom stereocenters. The van der Waals surface area contributed by atoms with E-state index in [2.05, 4.69) is 10.2 Å². The van der Waals surface area contributed by atoms with E-state index in [4.69, 9.17) is 10.2 Å². The van der Waals surface area contributed by atoms with Crippen LogP contribution in [0.1, 0.15) is 44.5 Å². The van der Waals surface area contributed by atoms with Gasteiger partial charge in [0, 0.05) is 0 Å². The van der Waals surface area contributed by atoms with E-state index in [9.17, 15) is 4.39 Å². The molecule has 1 fully saturated rings. The molecule has 1 aromatic rings. The highest BCUT2D eigenvalue weighted by Crippen LogP contribution is 2.49. The van der Waals surface area contributed by atoms with Gasteiger partial charge in [0.2, 0.25) is 11.8 Å². The van der Waals surface area contributed by atoms with Crippen molar-refractivity contribution in [2.24, 2.45) is 5.73 Å². The third-order valence-electron chi connectivity index (χ3n) is 2.82. The van der Waals surface area contributed by atoms with Gasteiger partial charge in [0.25, 0.3) is 0 Å². The van der Waals surface area contributed by atoms with Crippen molar-refractivity contribution in [2.75, 3.05) is 0 Å². The number of nitrogens with zero attached hydrogens (tertiary/aromatic N) is 2. The van der Waals surface area contributed by atoms with Crippen molar-refractivity contribution in [3.8, 4) is 0 Å². The lowest BCUT2D eigenvalue weighted by Crippen LogP contribution is -2.09. The minimum absolute atomic E-state index is 0.239. The average molecular weight is 199 g/mol. The van der Waals surface area contributed by atoms with Crippen LogP contribution in [0.25, 0.3) is 0 Å². The van der Waals surface area contributed by atoms with Crippen molar-refractivity contribution in [2.45, 2.75) is 44.3 Å². The summed E-state index contributed by atoms with van der Waals surface area (Å²) in [5, 5.41) is 7.65. The molecule has 0 radical (unpaired) electrons. The maximum atomic E-state index is 13.0. The van der Waals surface area contributed by atoms with Gasteiger partial charge in [-0.1, -0.05) is 6.92 Å². The lowest BCUT2D eigenvalue weighted by atomic mass is 10.1. The van der Waals surface area contributed by atoms with Crippen molar-refractivity contribution in [1.29, 1.82) is 0 Å². The Hall–Kier alpha value is -0.970. The molecule has 78 valence electrons. The molecule has 0 saturated heterocycles. The molecule has 14 heavy (non-hydrogen) atoms. The zero-order valence-corrected chi connectivity index (χ0v) is 8.33. The van der Waals surface area contributed by atoms with E-state index in [1.807, 2.05) is 6.92 Å². The zero-order chi connectivity index (χ0) is 10.3. The number of aromatic nitrogens is 2. The first-order valence-corrected chi connectivity index (χ1v) is 4.81. The summed E-state index contributed by atoms with van der Waals surface area (Å²) < 4.78 is 18.3. The Bertz CT molecular complexity index is 341. The fourth-order valence-electron chi connectivity index (χ4n) is 1.32. The van der Waals surface area contributed by atoms with E-state index >= 15 is 0 Å².